The fourth-order valence-electron chi connectivity index (χ4n) is 2.38. The molecule has 0 amide bonds. The van der Waals surface area contributed by atoms with Crippen LogP contribution in [0.4, 0.5) is 0 Å². The molecule has 0 aliphatic heterocycles. The molecule has 0 unspecified atom stereocenters. The molecule has 0 radical (unpaired) electrons. The summed E-state index contributed by atoms with van der Waals surface area (Å²) in [5.41, 5.74) is 1.66. The quantitative estimate of drug-likeness (QED) is 0.543. The van der Waals surface area contributed by atoms with Gasteiger partial charge in [-0.1, -0.05) is 17.7 Å². The number of hydrogen-bond donors (Lipinski definition) is 3. The van der Waals surface area contributed by atoms with Crippen LogP contribution in [0.15, 0.2) is 30.2 Å². The first kappa shape index (κ1) is 12.6. The van der Waals surface area contributed by atoms with Crippen molar-refractivity contribution in [1.29, 1.82) is 0 Å². The Hall–Kier alpha value is -1.47. The van der Waals surface area contributed by atoms with E-state index in [9.17, 15) is 10.2 Å². The summed E-state index contributed by atoms with van der Waals surface area (Å²) in [7, 11) is 0. The second kappa shape index (κ2) is 4.57. The Bertz CT molecular complexity index is 655. The molecule has 0 saturated heterocycles. The van der Waals surface area contributed by atoms with Crippen LogP contribution in [-0.2, 0) is 0 Å². The van der Waals surface area contributed by atoms with Gasteiger partial charge >= 0.3 is 0 Å². The van der Waals surface area contributed by atoms with Gasteiger partial charge < -0.3 is 19.9 Å². The van der Waals surface area contributed by atoms with Crippen molar-refractivity contribution in [3.8, 4) is 0 Å². The van der Waals surface area contributed by atoms with Gasteiger partial charge in [0.15, 0.2) is 5.15 Å². The van der Waals surface area contributed by atoms with Crippen LogP contribution in [0.25, 0.3) is 11.0 Å². The van der Waals surface area contributed by atoms with Gasteiger partial charge in [0.25, 0.3) is 0 Å². The van der Waals surface area contributed by atoms with E-state index < -0.39 is 18.2 Å². The molecule has 0 spiro atoms. The summed E-state index contributed by atoms with van der Waals surface area (Å²) < 4.78 is 1.71. The minimum Gasteiger partial charge on any atom is -0.392 e. The van der Waals surface area contributed by atoms with Gasteiger partial charge in [-0.05, 0) is 11.6 Å². The zero-order valence-electron chi connectivity index (χ0n) is 9.81. The van der Waals surface area contributed by atoms with Crippen LogP contribution in [0, 0.1) is 0 Å². The Morgan fingerprint density at radius 3 is 2.79 bits per heavy atom. The third kappa shape index (κ3) is 1.84. The first-order chi connectivity index (χ1) is 9.13. The number of fused-ring (bicyclic) bond motifs is 1. The van der Waals surface area contributed by atoms with Crippen LogP contribution >= 0.6 is 11.6 Å². The molecule has 3 rings (SSSR count). The fraction of sp³-hybridized carbons (Fsp3) is 0.333. The lowest BCUT2D eigenvalue weighted by Crippen LogP contribution is -2.29. The number of pyridine rings is 1. The fourth-order valence-corrected chi connectivity index (χ4v) is 2.58. The van der Waals surface area contributed by atoms with Crippen LogP contribution in [0.5, 0.6) is 0 Å². The molecule has 100 valence electrons. The molecule has 0 saturated carbocycles. The maximum absolute atomic E-state index is 10.0. The average molecular weight is 282 g/mol. The predicted molar refractivity (Wildman–Crippen MR) is 68.8 cm³/mol. The van der Waals surface area contributed by atoms with Gasteiger partial charge in [0.05, 0.1) is 24.5 Å². The largest absolute Gasteiger partial charge is 0.392 e. The molecule has 6 nitrogen and oxygen atoms in total. The molecule has 2 aromatic heterocycles. The highest BCUT2D eigenvalue weighted by Gasteiger charge is 2.35. The predicted octanol–water partition coefficient (Wildman–Crippen LogP) is 0.280. The van der Waals surface area contributed by atoms with Gasteiger partial charge in [-0.25, -0.2) is 9.97 Å². The second-order valence-corrected chi connectivity index (χ2v) is 4.81. The SMILES string of the molecule is OCC1=C[C@@H](n2cnc3c(Cl)nccc32)[C@H](O)[C@H]1O. The summed E-state index contributed by atoms with van der Waals surface area (Å²) in [6, 6.07) is 1.25. The monoisotopic (exact) mass is 281 g/mol. The lowest BCUT2D eigenvalue weighted by molar-refractivity contribution is 0.0288. The van der Waals surface area contributed by atoms with Gasteiger partial charge in [-0.2, -0.15) is 0 Å². The van der Waals surface area contributed by atoms with Gasteiger partial charge in [0, 0.05) is 6.20 Å². The van der Waals surface area contributed by atoms with E-state index in [2.05, 4.69) is 9.97 Å². The summed E-state index contributed by atoms with van der Waals surface area (Å²) in [6.07, 6.45) is 2.65. The maximum Gasteiger partial charge on any atom is 0.156 e. The Balaban J connectivity index is 2.11. The minimum absolute atomic E-state index is 0.288. The van der Waals surface area contributed by atoms with Gasteiger partial charge in [-0.3, -0.25) is 0 Å². The van der Waals surface area contributed by atoms with Crippen LogP contribution in [-0.4, -0.2) is 48.7 Å². The molecule has 0 aromatic carbocycles. The van der Waals surface area contributed by atoms with Crippen LogP contribution in [0.2, 0.25) is 5.15 Å². The first-order valence-electron chi connectivity index (χ1n) is 5.78. The number of nitrogens with zero attached hydrogens (tertiary/aromatic N) is 3. The zero-order chi connectivity index (χ0) is 13.6. The summed E-state index contributed by atoms with van der Waals surface area (Å²) in [4.78, 5) is 8.09. The highest BCUT2D eigenvalue weighted by molar-refractivity contribution is 6.33. The highest BCUT2D eigenvalue weighted by atomic mass is 35.5. The van der Waals surface area contributed by atoms with E-state index in [0.717, 1.165) is 0 Å². The number of halogens is 1. The minimum atomic E-state index is -1.07. The van der Waals surface area contributed by atoms with Crippen molar-refractivity contribution in [3.05, 3.63) is 35.4 Å². The van der Waals surface area contributed by atoms with Crippen molar-refractivity contribution in [2.45, 2.75) is 18.2 Å². The Morgan fingerprint density at radius 2 is 2.11 bits per heavy atom. The van der Waals surface area contributed by atoms with Crippen molar-refractivity contribution in [3.63, 3.8) is 0 Å². The second-order valence-electron chi connectivity index (χ2n) is 4.45. The van der Waals surface area contributed by atoms with Crippen molar-refractivity contribution in [2.75, 3.05) is 6.61 Å². The number of imidazole rings is 1. The zero-order valence-corrected chi connectivity index (χ0v) is 10.6. The lowest BCUT2D eigenvalue weighted by Gasteiger charge is -2.19. The molecule has 1 aliphatic rings. The Labute approximate surface area is 113 Å². The molecule has 1 aliphatic carbocycles. The third-order valence-corrected chi connectivity index (χ3v) is 3.67. The molecule has 3 N–H and O–H groups in total. The Kier molecular flexibility index (Phi) is 3.02. The van der Waals surface area contributed by atoms with Crippen molar-refractivity contribution in [1.82, 2.24) is 14.5 Å². The molecule has 2 aromatic rings. The highest BCUT2D eigenvalue weighted by Crippen LogP contribution is 2.32. The third-order valence-electron chi connectivity index (χ3n) is 3.39. The standard InChI is InChI=1S/C12H12ClN3O3/c13-12-9-7(1-2-14-12)16(5-15-9)8-3-6(4-17)10(18)11(8)19/h1-3,5,8,10-11,17-19H,4H2/t8-,10+,11+/m1/s1. The van der Waals surface area contributed by atoms with E-state index in [1.165, 1.54) is 6.33 Å². The maximum atomic E-state index is 10.0. The van der Waals surface area contributed by atoms with Crippen LogP contribution in [0.3, 0.4) is 0 Å². The van der Waals surface area contributed by atoms with Crippen LogP contribution < -0.4 is 0 Å². The van der Waals surface area contributed by atoms with Crippen molar-refractivity contribution >= 4 is 22.6 Å². The summed E-state index contributed by atoms with van der Waals surface area (Å²) in [5.74, 6) is 0. The number of aliphatic hydroxyl groups excluding tert-OH is 3. The normalized spacial score (nSPS) is 26.9. The number of hydrogen-bond acceptors (Lipinski definition) is 5. The van der Waals surface area contributed by atoms with Gasteiger partial charge in [-0.15, -0.1) is 0 Å². The van der Waals surface area contributed by atoms with Gasteiger partial charge in [0.1, 0.15) is 17.7 Å². The summed E-state index contributed by atoms with van der Waals surface area (Å²) in [5, 5.41) is 29.3. The lowest BCUT2D eigenvalue weighted by atomic mass is 10.1. The van der Waals surface area contributed by atoms with Gasteiger partial charge in [0.2, 0.25) is 0 Å². The van der Waals surface area contributed by atoms with Crippen LogP contribution in [0.1, 0.15) is 6.04 Å². The molecule has 19 heavy (non-hydrogen) atoms. The van der Waals surface area contributed by atoms with E-state index in [1.54, 1.807) is 22.9 Å². The summed E-state index contributed by atoms with van der Waals surface area (Å²) >= 11 is 5.94. The average Bonchev–Trinajstić information content (AvgIpc) is 2.94. The molecule has 3 atom stereocenters. The van der Waals surface area contributed by atoms with E-state index in [4.69, 9.17) is 16.7 Å². The van der Waals surface area contributed by atoms with E-state index in [0.29, 0.717) is 16.6 Å². The van der Waals surface area contributed by atoms with Crippen molar-refractivity contribution < 1.29 is 15.3 Å². The molecule has 0 fully saturated rings. The van der Waals surface area contributed by atoms with Crippen molar-refractivity contribution in [2.24, 2.45) is 0 Å². The molecular weight excluding hydrogens is 270 g/mol. The molecule has 7 heteroatoms. The number of rotatable bonds is 2. The van der Waals surface area contributed by atoms with E-state index >= 15 is 0 Å². The van der Waals surface area contributed by atoms with E-state index in [1.807, 2.05) is 0 Å². The molecule has 2 heterocycles. The molecular formula is C12H12ClN3O3. The topological polar surface area (TPSA) is 91.4 Å². The summed E-state index contributed by atoms with van der Waals surface area (Å²) in [6.45, 7) is -0.288. The number of aromatic nitrogens is 3. The molecule has 0 bridgehead atoms. The smallest absolute Gasteiger partial charge is 0.156 e. The Morgan fingerprint density at radius 1 is 1.32 bits per heavy atom. The number of aliphatic hydroxyl groups is 3. The van der Waals surface area contributed by atoms with E-state index in [-0.39, 0.29) is 11.8 Å². The first-order valence-corrected chi connectivity index (χ1v) is 6.16.